The molecule has 4 rings (SSSR count). The molecule has 3 aromatic carbocycles. The molecule has 1 heterocycles. The summed E-state index contributed by atoms with van der Waals surface area (Å²) >= 11 is 0. The van der Waals surface area contributed by atoms with E-state index in [1.807, 2.05) is 42.5 Å². The maximum absolute atomic E-state index is 12.6. The highest BCUT2D eigenvalue weighted by molar-refractivity contribution is 7.90. The fourth-order valence-corrected chi connectivity index (χ4v) is 4.45. The van der Waals surface area contributed by atoms with Gasteiger partial charge in [-0.3, -0.25) is 0 Å². The van der Waals surface area contributed by atoms with Gasteiger partial charge in [-0.2, -0.15) is 0 Å². The van der Waals surface area contributed by atoms with Gasteiger partial charge in [-0.05, 0) is 41.5 Å². The van der Waals surface area contributed by atoms with E-state index in [9.17, 15) is 13.2 Å². The highest BCUT2D eigenvalue weighted by Crippen LogP contribution is 2.24. The molecule has 0 atom stereocenters. The molecule has 0 aliphatic rings. The Bertz CT molecular complexity index is 1280. The SMILES string of the molecule is O=C(Oc1ccccc1Cc1ccccc1)c1ccc(CS(=O)(=O)c2ccccc2)o1. The molecule has 0 fully saturated rings. The molecule has 0 unspecified atom stereocenters. The van der Waals surface area contributed by atoms with Crippen LogP contribution in [0.4, 0.5) is 0 Å². The number of benzene rings is 3. The molecule has 0 bridgehead atoms. The number of para-hydroxylation sites is 1. The smallest absolute Gasteiger partial charge is 0.379 e. The van der Waals surface area contributed by atoms with Gasteiger partial charge < -0.3 is 9.15 Å². The summed E-state index contributed by atoms with van der Waals surface area (Å²) in [6, 6.07) is 28.2. The van der Waals surface area contributed by atoms with Crippen molar-refractivity contribution in [2.24, 2.45) is 0 Å². The van der Waals surface area contributed by atoms with E-state index in [2.05, 4.69) is 0 Å². The van der Waals surface area contributed by atoms with Crippen LogP contribution in [-0.4, -0.2) is 14.4 Å². The number of furan rings is 1. The fraction of sp³-hybridized carbons (Fsp3) is 0.0800. The monoisotopic (exact) mass is 432 g/mol. The average Bonchev–Trinajstić information content (AvgIpc) is 3.24. The molecule has 0 spiro atoms. The number of rotatable bonds is 7. The Hall–Kier alpha value is -3.64. The van der Waals surface area contributed by atoms with Gasteiger partial charge in [0.2, 0.25) is 5.76 Å². The zero-order valence-corrected chi connectivity index (χ0v) is 17.4. The van der Waals surface area contributed by atoms with Crippen LogP contribution < -0.4 is 4.74 Å². The van der Waals surface area contributed by atoms with Crippen LogP contribution in [0.1, 0.15) is 27.4 Å². The van der Waals surface area contributed by atoms with E-state index in [1.165, 1.54) is 24.3 Å². The second kappa shape index (κ2) is 9.02. The van der Waals surface area contributed by atoms with E-state index in [1.54, 1.807) is 30.3 Å². The molecule has 0 radical (unpaired) electrons. The van der Waals surface area contributed by atoms with Gasteiger partial charge in [0, 0.05) is 6.42 Å². The fourth-order valence-electron chi connectivity index (χ4n) is 3.18. The number of esters is 1. The number of hydrogen-bond donors (Lipinski definition) is 0. The maximum atomic E-state index is 12.6. The zero-order valence-electron chi connectivity index (χ0n) is 16.6. The van der Waals surface area contributed by atoms with E-state index in [0.29, 0.717) is 12.2 Å². The first kappa shape index (κ1) is 20.6. The first-order chi connectivity index (χ1) is 15.0. The van der Waals surface area contributed by atoms with Crippen LogP contribution in [0.2, 0.25) is 0 Å². The highest BCUT2D eigenvalue weighted by atomic mass is 32.2. The Morgan fingerprint density at radius 1 is 0.774 bits per heavy atom. The average molecular weight is 432 g/mol. The molecule has 156 valence electrons. The topological polar surface area (TPSA) is 73.6 Å². The van der Waals surface area contributed by atoms with E-state index < -0.39 is 15.8 Å². The van der Waals surface area contributed by atoms with Gasteiger partial charge >= 0.3 is 5.97 Å². The molecule has 0 aliphatic carbocycles. The molecule has 1 aromatic heterocycles. The first-order valence-electron chi connectivity index (χ1n) is 9.72. The number of hydrogen-bond acceptors (Lipinski definition) is 5. The molecule has 0 N–H and O–H groups in total. The van der Waals surface area contributed by atoms with Crippen LogP contribution in [0.15, 0.2) is 106 Å². The number of ether oxygens (including phenoxy) is 1. The van der Waals surface area contributed by atoms with E-state index in [4.69, 9.17) is 9.15 Å². The Morgan fingerprint density at radius 3 is 2.16 bits per heavy atom. The molecular weight excluding hydrogens is 412 g/mol. The van der Waals surface area contributed by atoms with Crippen LogP contribution in [0.5, 0.6) is 5.75 Å². The Morgan fingerprint density at radius 2 is 1.42 bits per heavy atom. The van der Waals surface area contributed by atoms with E-state index in [0.717, 1.165) is 11.1 Å². The summed E-state index contributed by atoms with van der Waals surface area (Å²) in [6.45, 7) is 0. The van der Waals surface area contributed by atoms with Crippen molar-refractivity contribution in [3.8, 4) is 5.75 Å². The van der Waals surface area contributed by atoms with Crippen molar-refractivity contribution in [1.82, 2.24) is 0 Å². The lowest BCUT2D eigenvalue weighted by atomic mass is 10.0. The van der Waals surface area contributed by atoms with Crippen LogP contribution in [0.25, 0.3) is 0 Å². The van der Waals surface area contributed by atoms with E-state index in [-0.39, 0.29) is 22.2 Å². The molecule has 0 amide bonds. The lowest BCUT2D eigenvalue weighted by molar-refractivity contribution is 0.0698. The third kappa shape index (κ3) is 5.10. The van der Waals surface area contributed by atoms with Crippen LogP contribution in [0, 0.1) is 0 Å². The number of sulfone groups is 1. The van der Waals surface area contributed by atoms with Crippen molar-refractivity contribution < 1.29 is 22.4 Å². The summed E-state index contributed by atoms with van der Waals surface area (Å²) in [6.07, 6.45) is 0.614. The third-order valence-corrected chi connectivity index (χ3v) is 6.37. The van der Waals surface area contributed by atoms with Gasteiger partial charge in [-0.25, -0.2) is 13.2 Å². The van der Waals surface area contributed by atoms with Crippen LogP contribution in [-0.2, 0) is 22.0 Å². The summed E-state index contributed by atoms with van der Waals surface area (Å²) in [7, 11) is -3.57. The summed E-state index contributed by atoms with van der Waals surface area (Å²) < 4.78 is 36.1. The molecule has 0 saturated heterocycles. The highest BCUT2D eigenvalue weighted by Gasteiger charge is 2.20. The van der Waals surface area contributed by atoms with Crippen molar-refractivity contribution in [3.63, 3.8) is 0 Å². The van der Waals surface area contributed by atoms with Crippen molar-refractivity contribution in [1.29, 1.82) is 0 Å². The number of carbonyl (C=O) groups excluding carboxylic acids is 1. The summed E-state index contributed by atoms with van der Waals surface area (Å²) in [5, 5.41) is 0. The first-order valence-corrected chi connectivity index (χ1v) is 11.4. The van der Waals surface area contributed by atoms with Crippen molar-refractivity contribution in [2.45, 2.75) is 17.1 Å². The van der Waals surface area contributed by atoms with Crippen LogP contribution >= 0.6 is 0 Å². The molecule has 0 aliphatic heterocycles. The maximum Gasteiger partial charge on any atom is 0.379 e. The molecule has 4 aromatic rings. The third-order valence-electron chi connectivity index (χ3n) is 4.71. The summed E-state index contributed by atoms with van der Waals surface area (Å²) in [4.78, 5) is 12.8. The molecular formula is C25H20O5S. The Labute approximate surface area is 180 Å². The predicted molar refractivity (Wildman–Crippen MR) is 117 cm³/mol. The molecule has 6 heteroatoms. The Balaban J connectivity index is 1.48. The quantitative estimate of drug-likeness (QED) is 0.301. The largest absolute Gasteiger partial charge is 0.453 e. The minimum absolute atomic E-state index is 0.0484. The molecule has 5 nitrogen and oxygen atoms in total. The van der Waals surface area contributed by atoms with Gasteiger partial charge in [0.15, 0.2) is 9.84 Å². The number of carbonyl (C=O) groups is 1. The summed E-state index contributed by atoms with van der Waals surface area (Å²) in [5.74, 6) is -0.453. The van der Waals surface area contributed by atoms with Gasteiger partial charge in [0.25, 0.3) is 0 Å². The second-order valence-electron chi connectivity index (χ2n) is 7.00. The van der Waals surface area contributed by atoms with Crippen molar-refractivity contribution >= 4 is 15.8 Å². The standard InChI is InChI=1S/C25H20O5S/c26-25(30-23-14-8-7-11-20(23)17-19-9-3-1-4-10-19)24-16-15-21(29-24)18-31(27,28)22-12-5-2-6-13-22/h1-16H,17-18H2. The minimum Gasteiger partial charge on any atom is -0.453 e. The zero-order chi connectivity index (χ0) is 21.7. The minimum atomic E-state index is -3.57. The molecule has 31 heavy (non-hydrogen) atoms. The molecule has 0 saturated carbocycles. The lowest BCUT2D eigenvalue weighted by Crippen LogP contribution is -2.09. The predicted octanol–water partition coefficient (Wildman–Crippen LogP) is 5.06. The second-order valence-corrected chi connectivity index (χ2v) is 8.99. The van der Waals surface area contributed by atoms with Crippen LogP contribution in [0.3, 0.4) is 0 Å². The van der Waals surface area contributed by atoms with E-state index >= 15 is 0 Å². The summed E-state index contributed by atoms with van der Waals surface area (Å²) in [5.41, 5.74) is 1.96. The van der Waals surface area contributed by atoms with Gasteiger partial charge in [0.1, 0.15) is 17.3 Å². The lowest BCUT2D eigenvalue weighted by Gasteiger charge is -2.09. The van der Waals surface area contributed by atoms with Gasteiger partial charge in [0.05, 0.1) is 4.90 Å². The Kier molecular flexibility index (Phi) is 6.00. The van der Waals surface area contributed by atoms with Crippen molar-refractivity contribution in [2.75, 3.05) is 0 Å². The normalized spacial score (nSPS) is 11.2. The van der Waals surface area contributed by atoms with Gasteiger partial charge in [-0.15, -0.1) is 0 Å². The van der Waals surface area contributed by atoms with Gasteiger partial charge in [-0.1, -0.05) is 66.7 Å². The van der Waals surface area contributed by atoms with Crippen molar-refractivity contribution in [3.05, 3.63) is 120 Å².